The first-order valence-electron chi connectivity index (χ1n) is 5.03. The maximum absolute atomic E-state index is 11.4. The van der Waals surface area contributed by atoms with Crippen LogP contribution < -0.4 is 16.4 Å². The van der Waals surface area contributed by atoms with Crippen molar-refractivity contribution in [2.45, 2.75) is 19.9 Å². The number of hydrogen-bond acceptors (Lipinski definition) is 3. The Labute approximate surface area is 108 Å². The lowest BCUT2D eigenvalue weighted by Gasteiger charge is -2.14. The summed E-state index contributed by atoms with van der Waals surface area (Å²) >= 11 is 3.40. The summed E-state index contributed by atoms with van der Waals surface area (Å²) in [5.74, 6) is -0.464. The van der Waals surface area contributed by atoms with E-state index in [9.17, 15) is 9.59 Å². The minimum Gasteiger partial charge on any atom is -0.374 e. The summed E-state index contributed by atoms with van der Waals surface area (Å²) < 4.78 is 0.949. The van der Waals surface area contributed by atoms with E-state index in [4.69, 9.17) is 5.73 Å². The average Bonchev–Trinajstić information content (AvgIpc) is 2.22. The van der Waals surface area contributed by atoms with Crippen molar-refractivity contribution in [3.63, 3.8) is 0 Å². The van der Waals surface area contributed by atoms with Crippen molar-refractivity contribution in [2.24, 2.45) is 5.73 Å². The lowest BCUT2D eigenvalue weighted by atomic mass is 10.2. The number of halogens is 1. The summed E-state index contributed by atoms with van der Waals surface area (Å²) in [5.41, 5.74) is 6.75. The Kier molecular flexibility index (Phi) is 4.51. The molecule has 92 valence electrons. The molecule has 0 bridgehead atoms. The highest BCUT2D eigenvalue weighted by Crippen LogP contribution is 2.21. The highest BCUT2D eigenvalue weighted by atomic mass is 79.9. The van der Waals surface area contributed by atoms with Crippen LogP contribution in [0.25, 0.3) is 0 Å². The highest BCUT2D eigenvalue weighted by molar-refractivity contribution is 9.10. The van der Waals surface area contributed by atoms with Crippen molar-refractivity contribution in [1.29, 1.82) is 0 Å². The minimum absolute atomic E-state index is 0.464. The number of nitrogens with two attached hydrogens (primary N) is 1. The van der Waals surface area contributed by atoms with Gasteiger partial charge in [-0.3, -0.25) is 10.1 Å². The van der Waals surface area contributed by atoms with Gasteiger partial charge in [-0.25, -0.2) is 4.79 Å². The van der Waals surface area contributed by atoms with Gasteiger partial charge in [0, 0.05) is 10.2 Å². The number of carbonyl (C=O) groups excluding carboxylic acids is 2. The molecule has 17 heavy (non-hydrogen) atoms. The topological polar surface area (TPSA) is 84.2 Å². The summed E-state index contributed by atoms with van der Waals surface area (Å²) in [6.07, 6.45) is 0. The van der Waals surface area contributed by atoms with E-state index in [1.807, 2.05) is 30.4 Å². The van der Waals surface area contributed by atoms with Crippen molar-refractivity contribution in [3.05, 3.63) is 28.2 Å². The molecule has 3 amide bonds. The number of imide groups is 1. The van der Waals surface area contributed by atoms with Gasteiger partial charge in [0.25, 0.3) is 0 Å². The molecule has 1 atom stereocenters. The first-order valence-corrected chi connectivity index (χ1v) is 5.82. The van der Waals surface area contributed by atoms with Crippen LogP contribution in [0.15, 0.2) is 22.7 Å². The van der Waals surface area contributed by atoms with Crippen LogP contribution in [-0.2, 0) is 4.79 Å². The number of rotatable bonds is 3. The standard InChI is InChI=1S/C11H14BrN3O2/c1-6-3-4-8(5-9(6)12)14-7(2)10(16)15-11(13)17/h3-5,7,14H,1-2H3,(H3,13,15,16,17). The molecule has 0 fully saturated rings. The van der Waals surface area contributed by atoms with E-state index < -0.39 is 18.0 Å². The van der Waals surface area contributed by atoms with Gasteiger partial charge in [-0.1, -0.05) is 22.0 Å². The number of benzene rings is 1. The number of primary amides is 1. The number of amides is 3. The van der Waals surface area contributed by atoms with Crippen LogP contribution in [0.2, 0.25) is 0 Å². The quantitative estimate of drug-likeness (QED) is 0.795. The molecule has 1 aromatic carbocycles. The Morgan fingerprint density at radius 1 is 1.41 bits per heavy atom. The third kappa shape index (κ3) is 4.07. The molecule has 0 heterocycles. The van der Waals surface area contributed by atoms with Crippen molar-refractivity contribution >= 4 is 33.6 Å². The Hall–Kier alpha value is -1.56. The van der Waals surface area contributed by atoms with Gasteiger partial charge >= 0.3 is 6.03 Å². The van der Waals surface area contributed by atoms with E-state index in [2.05, 4.69) is 21.2 Å². The first kappa shape index (κ1) is 13.5. The number of nitrogens with one attached hydrogen (secondary N) is 2. The van der Waals surface area contributed by atoms with Crippen LogP contribution in [0.4, 0.5) is 10.5 Å². The minimum atomic E-state index is -0.853. The second-order valence-corrected chi connectivity index (χ2v) is 4.54. The van der Waals surface area contributed by atoms with Crippen molar-refractivity contribution in [2.75, 3.05) is 5.32 Å². The third-order valence-corrected chi connectivity index (χ3v) is 3.05. The summed E-state index contributed by atoms with van der Waals surface area (Å²) in [7, 11) is 0. The van der Waals surface area contributed by atoms with Crippen LogP contribution in [0.1, 0.15) is 12.5 Å². The normalized spacial score (nSPS) is 11.7. The van der Waals surface area contributed by atoms with Gasteiger partial charge in [0.2, 0.25) is 5.91 Å². The maximum atomic E-state index is 11.4. The van der Waals surface area contributed by atoms with Crippen LogP contribution in [-0.4, -0.2) is 18.0 Å². The fourth-order valence-corrected chi connectivity index (χ4v) is 1.61. The molecule has 6 heteroatoms. The predicted molar refractivity (Wildman–Crippen MR) is 69.7 cm³/mol. The Morgan fingerprint density at radius 2 is 2.06 bits per heavy atom. The molecule has 0 aliphatic carbocycles. The number of hydrogen-bond donors (Lipinski definition) is 3. The molecule has 0 saturated heterocycles. The fraction of sp³-hybridized carbons (Fsp3) is 0.273. The maximum Gasteiger partial charge on any atom is 0.318 e. The molecule has 5 nitrogen and oxygen atoms in total. The summed E-state index contributed by atoms with van der Waals surface area (Å²) in [4.78, 5) is 21.9. The van der Waals surface area contributed by atoms with E-state index in [0.29, 0.717) is 0 Å². The number of carbonyl (C=O) groups is 2. The molecule has 1 rings (SSSR count). The molecule has 1 aromatic rings. The van der Waals surface area contributed by atoms with E-state index in [0.717, 1.165) is 15.7 Å². The summed E-state index contributed by atoms with van der Waals surface area (Å²) in [6, 6.07) is 4.24. The number of aryl methyl sites for hydroxylation is 1. The fourth-order valence-electron chi connectivity index (χ4n) is 1.23. The second kappa shape index (κ2) is 5.67. The zero-order valence-electron chi connectivity index (χ0n) is 9.58. The summed E-state index contributed by atoms with van der Waals surface area (Å²) in [6.45, 7) is 3.61. The molecular formula is C11H14BrN3O2. The van der Waals surface area contributed by atoms with Gasteiger partial charge < -0.3 is 11.1 Å². The van der Waals surface area contributed by atoms with Crippen molar-refractivity contribution in [3.8, 4) is 0 Å². The molecule has 1 unspecified atom stereocenters. The van der Waals surface area contributed by atoms with Crippen LogP contribution in [0.5, 0.6) is 0 Å². The van der Waals surface area contributed by atoms with Gasteiger partial charge in [-0.2, -0.15) is 0 Å². The van der Waals surface area contributed by atoms with Crippen LogP contribution >= 0.6 is 15.9 Å². The average molecular weight is 300 g/mol. The van der Waals surface area contributed by atoms with Gasteiger partial charge in [0.15, 0.2) is 0 Å². The highest BCUT2D eigenvalue weighted by Gasteiger charge is 2.14. The van der Waals surface area contributed by atoms with E-state index in [-0.39, 0.29) is 0 Å². The Bertz CT molecular complexity index is 448. The van der Waals surface area contributed by atoms with Crippen LogP contribution in [0, 0.1) is 6.92 Å². The van der Waals surface area contributed by atoms with Gasteiger partial charge in [0.1, 0.15) is 6.04 Å². The molecule has 0 aliphatic heterocycles. The first-order chi connectivity index (χ1) is 7.90. The zero-order chi connectivity index (χ0) is 13.0. The SMILES string of the molecule is Cc1ccc(NC(C)C(=O)NC(N)=O)cc1Br. The monoisotopic (exact) mass is 299 g/mol. The van der Waals surface area contributed by atoms with Gasteiger partial charge in [-0.05, 0) is 31.5 Å². The lowest BCUT2D eigenvalue weighted by Crippen LogP contribution is -2.43. The molecule has 0 saturated carbocycles. The van der Waals surface area contributed by atoms with Gasteiger partial charge in [-0.15, -0.1) is 0 Å². The Morgan fingerprint density at radius 3 is 2.59 bits per heavy atom. The predicted octanol–water partition coefficient (Wildman–Crippen LogP) is 1.75. The number of anilines is 1. The van der Waals surface area contributed by atoms with E-state index in [1.165, 1.54) is 0 Å². The molecule has 0 aliphatic rings. The van der Waals surface area contributed by atoms with Gasteiger partial charge in [0.05, 0.1) is 0 Å². The third-order valence-electron chi connectivity index (χ3n) is 2.19. The van der Waals surface area contributed by atoms with Crippen molar-refractivity contribution < 1.29 is 9.59 Å². The second-order valence-electron chi connectivity index (χ2n) is 3.68. The molecule has 0 spiro atoms. The summed E-state index contributed by atoms with van der Waals surface area (Å²) in [5, 5.41) is 4.98. The van der Waals surface area contributed by atoms with E-state index >= 15 is 0 Å². The van der Waals surface area contributed by atoms with E-state index in [1.54, 1.807) is 6.92 Å². The van der Waals surface area contributed by atoms with Crippen molar-refractivity contribution in [1.82, 2.24) is 5.32 Å². The zero-order valence-corrected chi connectivity index (χ0v) is 11.2. The van der Waals surface area contributed by atoms with Crippen LogP contribution in [0.3, 0.4) is 0 Å². The number of urea groups is 1. The molecule has 0 aromatic heterocycles. The Balaban J connectivity index is 2.67. The largest absolute Gasteiger partial charge is 0.374 e. The smallest absolute Gasteiger partial charge is 0.318 e. The lowest BCUT2D eigenvalue weighted by molar-refractivity contribution is -0.120. The molecular weight excluding hydrogens is 286 g/mol. The molecule has 0 radical (unpaired) electrons. The molecule has 4 N–H and O–H groups in total.